The molecule has 0 aromatic rings. The van der Waals surface area contributed by atoms with Gasteiger partial charge >= 0.3 is 6.09 Å². The molecule has 0 aliphatic heterocycles. The van der Waals surface area contributed by atoms with Gasteiger partial charge in [0, 0.05) is 7.05 Å². The number of nitrogens with zero attached hydrogens (tertiary/aromatic N) is 1. The fourth-order valence-corrected chi connectivity index (χ4v) is 1.36. The predicted octanol–water partition coefficient (Wildman–Crippen LogP) is 0.165. The summed E-state index contributed by atoms with van der Waals surface area (Å²) in [6, 6.07) is 0. The first-order valence-electron chi connectivity index (χ1n) is 2.59. The molecule has 0 aromatic heterocycles. The second-order valence-corrected chi connectivity index (χ2v) is 4.58. The molecule has 0 radical (unpaired) electrons. The average molecular weight is 202 g/mol. The molecule has 7 heteroatoms. The van der Waals surface area contributed by atoms with Crippen LogP contribution in [-0.2, 0) is 9.84 Å². The smallest absolute Gasteiger partial charge is 0.407 e. The molecule has 1 N–H and O–H groups in total. The highest BCUT2D eigenvalue weighted by molar-refractivity contribution is 7.92. The highest BCUT2D eigenvalue weighted by Gasteiger charge is 2.15. The van der Waals surface area contributed by atoms with Crippen molar-refractivity contribution in [3.05, 3.63) is 0 Å². The van der Waals surface area contributed by atoms with Crippen LogP contribution in [0.25, 0.3) is 0 Å². The zero-order chi connectivity index (χ0) is 9.07. The van der Waals surface area contributed by atoms with Crippen LogP contribution in [0.2, 0.25) is 0 Å². The minimum absolute atomic E-state index is 0.564. The van der Waals surface area contributed by atoms with Crippen molar-refractivity contribution in [2.24, 2.45) is 0 Å². The third kappa shape index (κ3) is 4.05. The van der Waals surface area contributed by atoms with E-state index in [0.29, 0.717) is 4.90 Å². The van der Waals surface area contributed by atoms with Gasteiger partial charge in [0.05, 0.1) is 0 Å². The molecular formula is C4H8ClNO4S. The monoisotopic (exact) mass is 201 g/mol. The molecule has 0 aromatic carbocycles. The van der Waals surface area contributed by atoms with Gasteiger partial charge in [-0.05, 0) is 0 Å². The summed E-state index contributed by atoms with van der Waals surface area (Å²) in [7, 11) is -2.29. The van der Waals surface area contributed by atoms with Gasteiger partial charge in [-0.3, -0.25) is 4.90 Å². The van der Waals surface area contributed by atoms with E-state index in [0.717, 1.165) is 7.05 Å². The molecule has 0 saturated heterocycles. The maximum Gasteiger partial charge on any atom is 0.407 e. The molecule has 0 aliphatic carbocycles. The number of carboxylic acid groups (broad SMARTS) is 1. The maximum absolute atomic E-state index is 10.7. The van der Waals surface area contributed by atoms with Crippen LogP contribution in [0.15, 0.2) is 0 Å². The minimum Gasteiger partial charge on any atom is -0.465 e. The van der Waals surface area contributed by atoms with Gasteiger partial charge in [0.15, 0.2) is 9.84 Å². The normalized spacial score (nSPS) is 11.1. The molecule has 66 valence electrons. The van der Waals surface area contributed by atoms with E-state index >= 15 is 0 Å². The molecule has 0 spiro atoms. The minimum atomic E-state index is -3.45. The number of rotatable bonds is 3. The Morgan fingerprint density at radius 3 is 2.36 bits per heavy atom. The average Bonchev–Trinajstić information content (AvgIpc) is 1.87. The molecule has 1 amide bonds. The molecule has 0 unspecified atom stereocenters. The van der Waals surface area contributed by atoms with Gasteiger partial charge < -0.3 is 5.11 Å². The Kier molecular flexibility index (Phi) is 3.61. The van der Waals surface area contributed by atoms with Crippen LogP contribution < -0.4 is 0 Å². The molecule has 11 heavy (non-hydrogen) atoms. The van der Waals surface area contributed by atoms with Crippen LogP contribution >= 0.6 is 11.6 Å². The van der Waals surface area contributed by atoms with E-state index in [1.165, 1.54) is 0 Å². The molecule has 0 rings (SSSR count). The molecule has 0 atom stereocenters. The van der Waals surface area contributed by atoms with Crippen LogP contribution in [0.3, 0.4) is 0 Å². The van der Waals surface area contributed by atoms with Crippen molar-refractivity contribution < 1.29 is 18.3 Å². The van der Waals surface area contributed by atoms with Crippen molar-refractivity contribution in [2.75, 3.05) is 18.1 Å². The van der Waals surface area contributed by atoms with E-state index in [1.807, 2.05) is 0 Å². The number of hydrogen-bond acceptors (Lipinski definition) is 3. The topological polar surface area (TPSA) is 74.7 Å². The first-order valence-corrected chi connectivity index (χ1v) is 4.95. The predicted molar refractivity (Wildman–Crippen MR) is 40.3 cm³/mol. The van der Waals surface area contributed by atoms with E-state index < -0.39 is 27.0 Å². The lowest BCUT2D eigenvalue weighted by Gasteiger charge is -2.10. The van der Waals surface area contributed by atoms with Crippen LogP contribution in [-0.4, -0.2) is 42.7 Å². The van der Waals surface area contributed by atoms with Gasteiger partial charge in [0.1, 0.15) is 11.1 Å². The number of alkyl halides is 1. The van der Waals surface area contributed by atoms with E-state index in [1.54, 1.807) is 0 Å². The van der Waals surface area contributed by atoms with Gasteiger partial charge in [-0.2, -0.15) is 0 Å². The van der Waals surface area contributed by atoms with Crippen molar-refractivity contribution >= 4 is 27.5 Å². The highest BCUT2D eigenvalue weighted by atomic mass is 35.5. The molecule has 0 heterocycles. The first-order chi connectivity index (χ1) is 4.89. The zero-order valence-electron chi connectivity index (χ0n) is 5.82. The molecule has 0 bridgehead atoms. The van der Waals surface area contributed by atoms with Crippen LogP contribution in [0.4, 0.5) is 4.79 Å². The zero-order valence-corrected chi connectivity index (χ0v) is 7.39. The summed E-state index contributed by atoms with van der Waals surface area (Å²) in [6.45, 7) is 0. The summed E-state index contributed by atoms with van der Waals surface area (Å²) in [5.41, 5.74) is 0. The Morgan fingerprint density at radius 2 is 2.09 bits per heavy atom. The summed E-state index contributed by atoms with van der Waals surface area (Å²) in [5.74, 6) is -0.564. The van der Waals surface area contributed by atoms with Crippen molar-refractivity contribution in [3.8, 4) is 0 Å². The summed E-state index contributed by atoms with van der Waals surface area (Å²) < 4.78 is 21.4. The van der Waals surface area contributed by atoms with Crippen LogP contribution in [0, 0.1) is 0 Å². The number of sulfone groups is 1. The van der Waals surface area contributed by atoms with Crippen molar-refractivity contribution in [1.29, 1.82) is 0 Å². The Hall–Kier alpha value is -0.490. The molecule has 0 saturated carbocycles. The van der Waals surface area contributed by atoms with Gasteiger partial charge in [0.2, 0.25) is 0 Å². The SMILES string of the molecule is CN(CS(=O)(=O)CCl)C(=O)O. The lowest BCUT2D eigenvalue weighted by molar-refractivity contribution is 0.162. The van der Waals surface area contributed by atoms with Gasteiger partial charge in [-0.15, -0.1) is 11.6 Å². The summed E-state index contributed by atoms with van der Waals surface area (Å²) >= 11 is 5.03. The summed E-state index contributed by atoms with van der Waals surface area (Å²) in [4.78, 5) is 10.8. The molecule has 0 aliphatic rings. The number of carbonyl (C=O) groups is 1. The second kappa shape index (κ2) is 3.77. The van der Waals surface area contributed by atoms with Crippen LogP contribution in [0.5, 0.6) is 0 Å². The van der Waals surface area contributed by atoms with E-state index in [9.17, 15) is 13.2 Å². The molecule has 5 nitrogen and oxygen atoms in total. The Balaban J connectivity index is 4.16. The number of amides is 1. The largest absolute Gasteiger partial charge is 0.465 e. The maximum atomic E-state index is 10.7. The Labute approximate surface area is 69.5 Å². The lowest BCUT2D eigenvalue weighted by atomic mass is 10.9. The summed E-state index contributed by atoms with van der Waals surface area (Å²) in [6.07, 6.45) is -1.29. The summed E-state index contributed by atoms with van der Waals surface area (Å²) in [5, 5.41) is 7.69. The lowest BCUT2D eigenvalue weighted by Crippen LogP contribution is -2.31. The third-order valence-corrected chi connectivity index (χ3v) is 2.99. The van der Waals surface area contributed by atoms with E-state index in [2.05, 4.69) is 0 Å². The van der Waals surface area contributed by atoms with Gasteiger partial charge in [-0.25, -0.2) is 13.2 Å². The quantitative estimate of drug-likeness (QED) is 0.661. The highest BCUT2D eigenvalue weighted by Crippen LogP contribution is 1.96. The molecule has 0 fully saturated rings. The fourth-order valence-electron chi connectivity index (χ4n) is 0.385. The van der Waals surface area contributed by atoms with Gasteiger partial charge in [0.25, 0.3) is 0 Å². The van der Waals surface area contributed by atoms with Crippen molar-refractivity contribution in [3.63, 3.8) is 0 Å². The van der Waals surface area contributed by atoms with E-state index in [-0.39, 0.29) is 0 Å². The fraction of sp³-hybridized carbons (Fsp3) is 0.750. The third-order valence-electron chi connectivity index (χ3n) is 0.883. The Bertz CT molecular complexity index is 236. The van der Waals surface area contributed by atoms with Gasteiger partial charge in [-0.1, -0.05) is 0 Å². The standard InChI is InChI=1S/C4H8ClNO4S/c1-6(4(7)8)3-11(9,10)2-5/h2-3H2,1H3,(H,7,8). The van der Waals surface area contributed by atoms with Crippen LogP contribution in [0.1, 0.15) is 0 Å². The second-order valence-electron chi connectivity index (χ2n) is 1.96. The number of hydrogen-bond donors (Lipinski definition) is 1. The Morgan fingerprint density at radius 1 is 1.64 bits per heavy atom. The van der Waals surface area contributed by atoms with Crippen molar-refractivity contribution in [2.45, 2.75) is 0 Å². The van der Waals surface area contributed by atoms with Crippen molar-refractivity contribution in [1.82, 2.24) is 4.90 Å². The number of halogens is 1. The molecular weight excluding hydrogens is 194 g/mol. The first kappa shape index (κ1) is 10.5. The van der Waals surface area contributed by atoms with E-state index in [4.69, 9.17) is 16.7 Å².